The van der Waals surface area contributed by atoms with Crippen molar-refractivity contribution < 1.29 is 23.4 Å². The van der Waals surface area contributed by atoms with Crippen molar-refractivity contribution in [2.45, 2.75) is 14.7 Å². The molecule has 132 valence electrons. The first-order valence-corrected chi connectivity index (χ1v) is 9.26. The fraction of sp³-hybridized carbons (Fsp3) is 0.143. The van der Waals surface area contributed by atoms with Crippen LogP contribution in [0.2, 0.25) is 0 Å². The lowest BCUT2D eigenvalue weighted by Crippen LogP contribution is -2.04. The van der Waals surface area contributed by atoms with E-state index in [1.54, 1.807) is 0 Å². The number of nitrogens with zero attached hydrogens (tertiary/aromatic N) is 2. The zero-order valence-electron chi connectivity index (χ0n) is 12.6. The molecular formula is C14H12N2O7S2. The van der Waals surface area contributed by atoms with Gasteiger partial charge in [-0.3, -0.25) is 20.2 Å². The minimum absolute atomic E-state index is 0.185. The molecule has 0 aliphatic heterocycles. The van der Waals surface area contributed by atoms with E-state index in [2.05, 4.69) is 0 Å². The summed E-state index contributed by atoms with van der Waals surface area (Å²) in [5.41, 5.74) is -0.810. The second kappa shape index (κ2) is 7.59. The van der Waals surface area contributed by atoms with E-state index in [1.807, 2.05) is 0 Å². The van der Waals surface area contributed by atoms with E-state index < -0.39 is 31.1 Å². The number of non-ortho nitro benzene ring substituents is 1. The van der Waals surface area contributed by atoms with Crippen molar-refractivity contribution in [3.8, 4) is 0 Å². The third-order valence-electron chi connectivity index (χ3n) is 3.12. The van der Waals surface area contributed by atoms with Crippen LogP contribution in [0, 0.1) is 20.2 Å². The minimum atomic E-state index is -4.16. The summed E-state index contributed by atoms with van der Waals surface area (Å²) < 4.78 is 25.2. The summed E-state index contributed by atoms with van der Waals surface area (Å²) in [5.74, 6) is 0.220. The molecule has 11 heteroatoms. The van der Waals surface area contributed by atoms with Gasteiger partial charge in [-0.25, -0.2) is 8.42 Å². The van der Waals surface area contributed by atoms with Gasteiger partial charge in [0.15, 0.2) is 0 Å². The number of hydrogen-bond acceptors (Lipinski definition) is 8. The average Bonchev–Trinajstić information content (AvgIpc) is 2.59. The summed E-state index contributed by atoms with van der Waals surface area (Å²) in [4.78, 5) is 20.1. The fourth-order valence-electron chi connectivity index (χ4n) is 1.98. The van der Waals surface area contributed by atoms with Crippen molar-refractivity contribution in [1.82, 2.24) is 0 Å². The van der Waals surface area contributed by atoms with Gasteiger partial charge in [0.1, 0.15) is 0 Å². The average molecular weight is 384 g/mol. The molecule has 0 heterocycles. The molecule has 0 radical (unpaired) electrons. The number of sulfone groups is 1. The lowest BCUT2D eigenvalue weighted by molar-refractivity contribution is -0.388. The molecule has 0 unspecified atom stereocenters. The van der Waals surface area contributed by atoms with E-state index in [9.17, 15) is 28.6 Å². The van der Waals surface area contributed by atoms with Gasteiger partial charge in [-0.2, -0.15) is 0 Å². The Morgan fingerprint density at radius 1 is 1.00 bits per heavy atom. The van der Waals surface area contributed by atoms with Gasteiger partial charge in [0.25, 0.3) is 11.4 Å². The van der Waals surface area contributed by atoms with Gasteiger partial charge >= 0.3 is 0 Å². The monoisotopic (exact) mass is 384 g/mol. The molecular weight excluding hydrogens is 372 g/mol. The molecule has 0 fully saturated rings. The molecule has 0 aliphatic rings. The van der Waals surface area contributed by atoms with Crippen LogP contribution in [0.25, 0.3) is 0 Å². The van der Waals surface area contributed by atoms with Gasteiger partial charge in [0.05, 0.1) is 31.1 Å². The Hall–Kier alpha value is -2.50. The molecule has 0 aromatic heterocycles. The predicted octanol–water partition coefficient (Wildman–Crippen LogP) is 2.42. The lowest BCUT2D eigenvalue weighted by atomic mass is 10.3. The highest BCUT2D eigenvalue weighted by atomic mass is 32.2. The molecule has 0 spiro atoms. The predicted molar refractivity (Wildman–Crippen MR) is 89.5 cm³/mol. The lowest BCUT2D eigenvalue weighted by Gasteiger charge is -2.07. The molecule has 0 saturated carbocycles. The first kappa shape index (κ1) is 18.8. The van der Waals surface area contributed by atoms with E-state index >= 15 is 0 Å². The summed E-state index contributed by atoms with van der Waals surface area (Å²) in [5, 5.41) is 30.8. The van der Waals surface area contributed by atoms with Crippen LogP contribution in [0.5, 0.6) is 0 Å². The first-order valence-electron chi connectivity index (χ1n) is 6.79. The second-order valence-electron chi connectivity index (χ2n) is 4.72. The first-order chi connectivity index (χ1) is 11.8. The van der Waals surface area contributed by atoms with Crippen LogP contribution in [-0.2, 0) is 9.84 Å². The quantitative estimate of drug-likeness (QED) is 0.436. The molecule has 25 heavy (non-hydrogen) atoms. The molecule has 0 saturated heterocycles. The molecule has 0 bridgehead atoms. The molecule has 1 N–H and O–H groups in total. The molecule has 0 aliphatic carbocycles. The highest BCUT2D eigenvalue weighted by molar-refractivity contribution is 7.99. The summed E-state index contributed by atoms with van der Waals surface area (Å²) in [6, 6.07) is 7.84. The summed E-state index contributed by atoms with van der Waals surface area (Å²) in [6.45, 7) is -0.185. The van der Waals surface area contributed by atoms with Crippen LogP contribution in [-0.4, -0.2) is 35.7 Å². The summed E-state index contributed by atoms with van der Waals surface area (Å²) in [7, 11) is -4.16. The van der Waals surface area contributed by atoms with Gasteiger partial charge in [-0.1, -0.05) is 6.07 Å². The van der Waals surface area contributed by atoms with Crippen LogP contribution in [0.1, 0.15) is 0 Å². The molecule has 2 aromatic carbocycles. The van der Waals surface area contributed by atoms with Gasteiger partial charge < -0.3 is 5.11 Å². The number of benzene rings is 2. The van der Waals surface area contributed by atoms with Crippen molar-refractivity contribution in [2.24, 2.45) is 0 Å². The van der Waals surface area contributed by atoms with Crippen molar-refractivity contribution in [3.05, 3.63) is 62.7 Å². The third kappa shape index (κ3) is 4.13. The van der Waals surface area contributed by atoms with Gasteiger partial charge in [-0.05, 0) is 18.2 Å². The zero-order chi connectivity index (χ0) is 18.6. The van der Waals surface area contributed by atoms with E-state index in [0.29, 0.717) is 0 Å². The Morgan fingerprint density at radius 3 is 2.28 bits per heavy atom. The number of nitro benzene ring substituents is 2. The highest BCUT2D eigenvalue weighted by Gasteiger charge is 2.24. The normalized spacial score (nSPS) is 11.2. The Labute approximate surface area is 146 Å². The molecule has 0 amide bonds. The SMILES string of the molecule is O=[N+]([O-])c1cccc(S(=O)(=O)c2ccc(SCCO)c([N+](=O)[O-])c2)c1. The Kier molecular flexibility index (Phi) is 5.72. The van der Waals surface area contributed by atoms with E-state index in [0.717, 1.165) is 30.0 Å². The molecule has 2 rings (SSSR count). The van der Waals surface area contributed by atoms with Gasteiger partial charge in [0, 0.05) is 24.0 Å². The maximum absolute atomic E-state index is 12.6. The van der Waals surface area contributed by atoms with Gasteiger partial charge in [-0.15, -0.1) is 11.8 Å². The largest absolute Gasteiger partial charge is 0.396 e. The molecule has 0 atom stereocenters. The number of thioether (sulfide) groups is 1. The van der Waals surface area contributed by atoms with E-state index in [4.69, 9.17) is 5.11 Å². The topological polar surface area (TPSA) is 141 Å². The van der Waals surface area contributed by atoms with E-state index in [1.165, 1.54) is 24.3 Å². The van der Waals surface area contributed by atoms with Crippen molar-refractivity contribution in [2.75, 3.05) is 12.4 Å². The van der Waals surface area contributed by atoms with E-state index in [-0.39, 0.29) is 27.0 Å². The maximum Gasteiger partial charge on any atom is 0.284 e. The number of aliphatic hydroxyl groups is 1. The Bertz CT molecular complexity index is 929. The highest BCUT2D eigenvalue weighted by Crippen LogP contribution is 2.33. The minimum Gasteiger partial charge on any atom is -0.396 e. The number of nitro groups is 2. The van der Waals surface area contributed by atoms with Crippen LogP contribution in [0.4, 0.5) is 11.4 Å². The summed E-state index contributed by atoms with van der Waals surface area (Å²) >= 11 is 1.02. The van der Waals surface area contributed by atoms with Crippen LogP contribution in [0.3, 0.4) is 0 Å². The van der Waals surface area contributed by atoms with Crippen molar-refractivity contribution >= 4 is 33.0 Å². The van der Waals surface area contributed by atoms with Crippen LogP contribution in [0.15, 0.2) is 57.2 Å². The standard InChI is InChI=1S/C14H12N2O7S2/c17-6-7-24-14-5-4-12(9-13(14)16(20)21)25(22,23)11-3-1-2-10(8-11)15(18)19/h1-5,8-9,17H,6-7H2. The number of aliphatic hydroxyl groups excluding tert-OH is 1. The zero-order valence-corrected chi connectivity index (χ0v) is 14.2. The Balaban J connectivity index is 2.53. The molecule has 9 nitrogen and oxygen atoms in total. The number of rotatable bonds is 7. The smallest absolute Gasteiger partial charge is 0.284 e. The van der Waals surface area contributed by atoms with Crippen molar-refractivity contribution in [3.63, 3.8) is 0 Å². The number of hydrogen-bond donors (Lipinski definition) is 1. The van der Waals surface area contributed by atoms with Crippen molar-refractivity contribution in [1.29, 1.82) is 0 Å². The molecule has 2 aromatic rings. The second-order valence-corrected chi connectivity index (χ2v) is 7.80. The fourth-order valence-corrected chi connectivity index (χ4v) is 4.06. The Morgan fingerprint density at radius 2 is 1.68 bits per heavy atom. The maximum atomic E-state index is 12.6. The van der Waals surface area contributed by atoms with Gasteiger partial charge in [0.2, 0.25) is 9.84 Å². The third-order valence-corrected chi connectivity index (χ3v) is 5.92. The summed E-state index contributed by atoms with van der Waals surface area (Å²) in [6.07, 6.45) is 0. The van der Waals surface area contributed by atoms with Crippen LogP contribution >= 0.6 is 11.8 Å². The van der Waals surface area contributed by atoms with Crippen LogP contribution < -0.4 is 0 Å².